The molecule has 0 aliphatic heterocycles. The fraction of sp³-hybridized carbons (Fsp3) is 0.600. The van der Waals surface area contributed by atoms with E-state index in [0.29, 0.717) is 24.5 Å². The Morgan fingerprint density at radius 1 is 1.19 bits per heavy atom. The number of likely N-dealkylation sites (N-methyl/N-ethyl adjacent to an activating group) is 1. The number of benzene rings is 1. The Bertz CT molecular complexity index is 544. The minimum absolute atomic E-state index is 0.337. The Kier molecular flexibility index (Phi) is 7.31. The predicted octanol–water partition coefficient (Wildman–Crippen LogP) is 1.20. The fourth-order valence-electron chi connectivity index (χ4n) is 2.08. The Hall–Kier alpha value is -0.950. The van der Waals surface area contributed by atoms with Crippen LogP contribution in [0.5, 0.6) is 0 Å². The smallest absolute Gasteiger partial charge is 0.240 e. The lowest BCUT2D eigenvalue weighted by atomic mass is 10.1. The predicted molar refractivity (Wildman–Crippen MR) is 86.9 cm³/mol. The van der Waals surface area contributed by atoms with E-state index in [1.54, 1.807) is 12.1 Å². The summed E-state index contributed by atoms with van der Waals surface area (Å²) in [5, 5.41) is 3.08. The van der Waals surface area contributed by atoms with Crippen LogP contribution in [0.2, 0.25) is 0 Å². The SMILES string of the molecule is CCc1ccc(S(=O)(=O)NCCN(C)CC)cc1CNC. The zero-order valence-corrected chi connectivity index (χ0v) is 14.3. The number of hydrogen-bond acceptors (Lipinski definition) is 4. The number of nitrogens with one attached hydrogen (secondary N) is 2. The van der Waals surface area contributed by atoms with E-state index in [1.807, 2.05) is 27.1 Å². The summed E-state index contributed by atoms with van der Waals surface area (Å²) in [6.07, 6.45) is 0.895. The van der Waals surface area contributed by atoms with Crippen LogP contribution >= 0.6 is 0 Å². The molecule has 5 nitrogen and oxygen atoms in total. The van der Waals surface area contributed by atoms with Crippen LogP contribution < -0.4 is 10.0 Å². The highest BCUT2D eigenvalue weighted by Crippen LogP contribution is 2.16. The topological polar surface area (TPSA) is 61.4 Å². The van der Waals surface area contributed by atoms with Gasteiger partial charge in [-0.2, -0.15) is 0 Å². The van der Waals surface area contributed by atoms with E-state index in [0.717, 1.165) is 18.5 Å². The van der Waals surface area contributed by atoms with Crippen molar-refractivity contribution in [3.05, 3.63) is 29.3 Å². The van der Waals surface area contributed by atoms with Gasteiger partial charge in [-0.1, -0.05) is 19.9 Å². The normalized spacial score (nSPS) is 12.0. The molecule has 0 radical (unpaired) electrons. The molecule has 0 aliphatic rings. The second kappa shape index (κ2) is 8.48. The van der Waals surface area contributed by atoms with Crippen LogP contribution in [0.25, 0.3) is 0 Å². The third kappa shape index (κ3) is 5.39. The van der Waals surface area contributed by atoms with Gasteiger partial charge in [0.1, 0.15) is 0 Å². The molecule has 1 aromatic rings. The molecule has 1 aromatic carbocycles. The molecule has 0 aromatic heterocycles. The third-order valence-corrected chi connectivity index (χ3v) is 5.02. The van der Waals surface area contributed by atoms with Gasteiger partial charge in [0, 0.05) is 19.6 Å². The molecule has 0 amide bonds. The third-order valence-electron chi connectivity index (χ3n) is 3.56. The Morgan fingerprint density at radius 3 is 2.48 bits per heavy atom. The van der Waals surface area contributed by atoms with Crippen LogP contribution in [0.4, 0.5) is 0 Å². The van der Waals surface area contributed by atoms with Crippen LogP contribution in [0.15, 0.2) is 23.1 Å². The lowest BCUT2D eigenvalue weighted by Gasteiger charge is -2.15. The lowest BCUT2D eigenvalue weighted by molar-refractivity contribution is 0.358. The van der Waals surface area contributed by atoms with Crippen molar-refractivity contribution in [2.45, 2.75) is 31.7 Å². The molecule has 0 saturated heterocycles. The zero-order chi connectivity index (χ0) is 15.9. The molecule has 120 valence electrons. The van der Waals surface area contributed by atoms with Gasteiger partial charge in [-0.3, -0.25) is 0 Å². The monoisotopic (exact) mass is 313 g/mol. The summed E-state index contributed by atoms with van der Waals surface area (Å²) in [6.45, 7) is 6.81. The number of hydrogen-bond donors (Lipinski definition) is 2. The van der Waals surface area contributed by atoms with Crippen molar-refractivity contribution in [1.29, 1.82) is 0 Å². The van der Waals surface area contributed by atoms with Crippen LogP contribution in [0, 0.1) is 0 Å². The lowest BCUT2D eigenvalue weighted by Crippen LogP contribution is -2.33. The maximum atomic E-state index is 12.3. The molecule has 2 N–H and O–H groups in total. The minimum atomic E-state index is -3.43. The quantitative estimate of drug-likeness (QED) is 0.719. The first-order chi connectivity index (χ1) is 9.94. The van der Waals surface area contributed by atoms with Crippen molar-refractivity contribution in [1.82, 2.24) is 14.9 Å². The maximum absolute atomic E-state index is 12.3. The second-order valence-electron chi connectivity index (χ2n) is 5.11. The van der Waals surface area contributed by atoms with E-state index in [2.05, 4.69) is 21.9 Å². The highest BCUT2D eigenvalue weighted by atomic mass is 32.2. The molecule has 1 rings (SSSR count). The fourth-order valence-corrected chi connectivity index (χ4v) is 3.15. The van der Waals surface area contributed by atoms with Crippen molar-refractivity contribution < 1.29 is 8.42 Å². The zero-order valence-electron chi connectivity index (χ0n) is 13.4. The molecule has 21 heavy (non-hydrogen) atoms. The van der Waals surface area contributed by atoms with Gasteiger partial charge in [-0.25, -0.2) is 13.1 Å². The van der Waals surface area contributed by atoms with Crippen molar-refractivity contribution in [3.8, 4) is 0 Å². The molecule has 0 fully saturated rings. The minimum Gasteiger partial charge on any atom is -0.316 e. The molecule has 0 spiro atoms. The van der Waals surface area contributed by atoms with E-state index in [9.17, 15) is 8.42 Å². The summed E-state index contributed by atoms with van der Waals surface area (Å²) in [6, 6.07) is 5.35. The van der Waals surface area contributed by atoms with Gasteiger partial charge in [-0.05, 0) is 50.3 Å². The van der Waals surface area contributed by atoms with Crippen molar-refractivity contribution in [3.63, 3.8) is 0 Å². The number of aryl methyl sites for hydroxylation is 1. The molecule has 0 heterocycles. The van der Waals surface area contributed by atoms with Crippen molar-refractivity contribution in [2.75, 3.05) is 33.7 Å². The Labute approximate surface area is 128 Å². The summed E-state index contributed by atoms with van der Waals surface area (Å²) in [7, 11) is 0.394. The first kappa shape index (κ1) is 18.1. The van der Waals surface area contributed by atoms with Gasteiger partial charge in [0.05, 0.1) is 4.90 Å². The second-order valence-corrected chi connectivity index (χ2v) is 6.88. The van der Waals surface area contributed by atoms with E-state index in [4.69, 9.17) is 0 Å². The molecular weight excluding hydrogens is 286 g/mol. The van der Waals surface area contributed by atoms with E-state index >= 15 is 0 Å². The first-order valence-corrected chi connectivity index (χ1v) is 8.87. The average Bonchev–Trinajstić information content (AvgIpc) is 2.47. The van der Waals surface area contributed by atoms with Crippen molar-refractivity contribution >= 4 is 10.0 Å². The molecule has 0 unspecified atom stereocenters. The highest BCUT2D eigenvalue weighted by Gasteiger charge is 2.15. The molecular formula is C15H27N3O2S. The molecule has 0 aliphatic carbocycles. The average molecular weight is 313 g/mol. The van der Waals surface area contributed by atoms with Gasteiger partial charge in [0.2, 0.25) is 10.0 Å². The van der Waals surface area contributed by atoms with E-state index in [-0.39, 0.29) is 0 Å². The summed E-state index contributed by atoms with van der Waals surface area (Å²) in [4.78, 5) is 2.40. The Balaban J connectivity index is 2.85. The number of sulfonamides is 1. The van der Waals surface area contributed by atoms with Crippen LogP contribution in [-0.4, -0.2) is 47.0 Å². The first-order valence-electron chi connectivity index (χ1n) is 7.39. The van der Waals surface area contributed by atoms with Crippen LogP contribution in [-0.2, 0) is 23.0 Å². The number of nitrogens with zero attached hydrogens (tertiary/aromatic N) is 1. The van der Waals surface area contributed by atoms with Gasteiger partial charge < -0.3 is 10.2 Å². The van der Waals surface area contributed by atoms with Gasteiger partial charge >= 0.3 is 0 Å². The van der Waals surface area contributed by atoms with Gasteiger partial charge in [0.25, 0.3) is 0 Å². The summed E-state index contributed by atoms with van der Waals surface area (Å²) >= 11 is 0. The molecule has 0 bridgehead atoms. The number of rotatable bonds is 9. The molecule has 0 saturated carbocycles. The molecule has 0 atom stereocenters. The van der Waals surface area contributed by atoms with Crippen LogP contribution in [0.1, 0.15) is 25.0 Å². The highest BCUT2D eigenvalue weighted by molar-refractivity contribution is 7.89. The summed E-state index contributed by atoms with van der Waals surface area (Å²) in [5.74, 6) is 0. The maximum Gasteiger partial charge on any atom is 0.240 e. The van der Waals surface area contributed by atoms with E-state index in [1.165, 1.54) is 5.56 Å². The van der Waals surface area contributed by atoms with Crippen molar-refractivity contribution in [2.24, 2.45) is 0 Å². The summed E-state index contributed by atoms with van der Waals surface area (Å²) < 4.78 is 27.3. The van der Waals surface area contributed by atoms with Crippen LogP contribution in [0.3, 0.4) is 0 Å². The summed E-state index contributed by atoms with van der Waals surface area (Å²) in [5.41, 5.74) is 2.21. The standard InChI is InChI=1S/C15H27N3O2S/c1-5-13-7-8-15(11-14(13)12-16-3)21(19,20)17-9-10-18(4)6-2/h7-8,11,16-17H,5-6,9-10,12H2,1-4H3. The largest absolute Gasteiger partial charge is 0.316 e. The Morgan fingerprint density at radius 2 is 1.90 bits per heavy atom. The van der Waals surface area contributed by atoms with Gasteiger partial charge in [0.15, 0.2) is 0 Å². The van der Waals surface area contributed by atoms with Gasteiger partial charge in [-0.15, -0.1) is 0 Å². The van der Waals surface area contributed by atoms with E-state index < -0.39 is 10.0 Å². The molecule has 6 heteroatoms.